The van der Waals surface area contributed by atoms with E-state index in [1.54, 1.807) is 25.3 Å². The summed E-state index contributed by atoms with van der Waals surface area (Å²) < 4.78 is 5.26. The van der Waals surface area contributed by atoms with E-state index in [1.807, 2.05) is 0 Å². The topological polar surface area (TPSA) is 50.4 Å². The summed E-state index contributed by atoms with van der Waals surface area (Å²) in [5.74, 6) is 0.616. The van der Waals surface area contributed by atoms with E-state index in [4.69, 9.17) is 16.3 Å². The Kier molecular flexibility index (Phi) is 4.89. The number of rotatable bonds is 5. The Morgan fingerprint density at radius 3 is 2.95 bits per heavy atom. The van der Waals surface area contributed by atoms with E-state index < -0.39 is 5.54 Å². The van der Waals surface area contributed by atoms with Crippen LogP contribution in [-0.2, 0) is 4.79 Å². The number of hydrogen-bond acceptors (Lipinski definition) is 3. The van der Waals surface area contributed by atoms with Crippen LogP contribution in [-0.4, -0.2) is 25.1 Å². The third-order valence-corrected chi connectivity index (χ3v) is 4.00. The molecule has 1 amide bonds. The zero-order valence-corrected chi connectivity index (χ0v) is 12.7. The molecule has 20 heavy (non-hydrogen) atoms. The number of ether oxygens (including phenoxy) is 1. The minimum absolute atomic E-state index is 0.00239. The Labute approximate surface area is 124 Å². The first kappa shape index (κ1) is 15.1. The van der Waals surface area contributed by atoms with Gasteiger partial charge in [-0.25, -0.2) is 0 Å². The SMILES string of the molecule is CCCC1(C(=O)Nc2cc(Cl)ccc2OC)CCCN1. The van der Waals surface area contributed by atoms with Gasteiger partial charge in [-0.05, 0) is 44.0 Å². The maximum atomic E-state index is 12.6. The molecule has 2 rings (SSSR count). The molecule has 0 aliphatic carbocycles. The molecule has 1 aliphatic heterocycles. The summed E-state index contributed by atoms with van der Waals surface area (Å²) in [6, 6.07) is 5.21. The van der Waals surface area contributed by atoms with Crippen molar-refractivity contribution in [2.45, 2.75) is 38.1 Å². The van der Waals surface area contributed by atoms with Gasteiger partial charge in [-0.2, -0.15) is 0 Å². The van der Waals surface area contributed by atoms with Gasteiger partial charge in [0, 0.05) is 5.02 Å². The molecule has 1 heterocycles. The van der Waals surface area contributed by atoms with Gasteiger partial charge in [0.1, 0.15) is 5.75 Å². The van der Waals surface area contributed by atoms with Crippen molar-refractivity contribution in [3.05, 3.63) is 23.2 Å². The molecule has 5 heteroatoms. The number of amides is 1. The second-order valence-electron chi connectivity index (χ2n) is 5.16. The van der Waals surface area contributed by atoms with Crippen molar-refractivity contribution in [2.75, 3.05) is 19.0 Å². The van der Waals surface area contributed by atoms with Crippen molar-refractivity contribution >= 4 is 23.2 Å². The number of carbonyl (C=O) groups is 1. The number of halogens is 1. The summed E-state index contributed by atoms with van der Waals surface area (Å²) in [6.07, 6.45) is 3.70. The minimum Gasteiger partial charge on any atom is -0.495 e. The predicted octanol–water partition coefficient (Wildman–Crippen LogP) is 3.21. The molecule has 1 fully saturated rings. The Morgan fingerprint density at radius 2 is 2.35 bits per heavy atom. The van der Waals surface area contributed by atoms with Gasteiger partial charge in [-0.15, -0.1) is 0 Å². The molecule has 0 saturated carbocycles. The largest absolute Gasteiger partial charge is 0.495 e. The quantitative estimate of drug-likeness (QED) is 0.877. The Morgan fingerprint density at radius 1 is 1.55 bits per heavy atom. The summed E-state index contributed by atoms with van der Waals surface area (Å²) >= 11 is 5.99. The molecular formula is C15H21ClN2O2. The van der Waals surface area contributed by atoms with Crippen LogP contribution in [0.4, 0.5) is 5.69 Å². The van der Waals surface area contributed by atoms with Crippen LogP contribution in [0, 0.1) is 0 Å². The lowest BCUT2D eigenvalue weighted by molar-refractivity contribution is -0.122. The summed E-state index contributed by atoms with van der Waals surface area (Å²) in [4.78, 5) is 12.6. The average molecular weight is 297 g/mol. The van der Waals surface area contributed by atoms with Gasteiger partial charge in [0.2, 0.25) is 5.91 Å². The fourth-order valence-corrected chi connectivity index (χ4v) is 2.95. The van der Waals surface area contributed by atoms with Crippen molar-refractivity contribution in [1.29, 1.82) is 0 Å². The third-order valence-electron chi connectivity index (χ3n) is 3.76. The van der Waals surface area contributed by atoms with Gasteiger partial charge in [0.15, 0.2) is 0 Å². The molecule has 0 bridgehead atoms. The maximum absolute atomic E-state index is 12.6. The van der Waals surface area contributed by atoms with E-state index in [2.05, 4.69) is 17.6 Å². The molecule has 1 aromatic carbocycles. The van der Waals surface area contributed by atoms with Crippen LogP contribution < -0.4 is 15.4 Å². The molecule has 2 N–H and O–H groups in total. The second kappa shape index (κ2) is 6.46. The van der Waals surface area contributed by atoms with Gasteiger partial charge >= 0.3 is 0 Å². The lowest BCUT2D eigenvalue weighted by Gasteiger charge is -2.28. The first-order chi connectivity index (χ1) is 9.61. The van der Waals surface area contributed by atoms with Gasteiger partial charge in [-0.3, -0.25) is 4.79 Å². The molecule has 1 unspecified atom stereocenters. The normalized spacial score (nSPS) is 21.8. The third kappa shape index (κ3) is 3.07. The Hall–Kier alpha value is -1.26. The summed E-state index contributed by atoms with van der Waals surface area (Å²) in [7, 11) is 1.58. The van der Waals surface area contributed by atoms with Crippen LogP contribution >= 0.6 is 11.6 Å². The number of nitrogens with one attached hydrogen (secondary N) is 2. The number of hydrogen-bond donors (Lipinski definition) is 2. The fourth-order valence-electron chi connectivity index (χ4n) is 2.77. The molecule has 0 radical (unpaired) electrons. The van der Waals surface area contributed by atoms with Crippen LogP contribution in [0.1, 0.15) is 32.6 Å². The number of methoxy groups -OCH3 is 1. The molecule has 1 saturated heterocycles. The highest BCUT2D eigenvalue weighted by molar-refractivity contribution is 6.31. The average Bonchev–Trinajstić information content (AvgIpc) is 2.89. The molecule has 1 atom stereocenters. The van der Waals surface area contributed by atoms with Crippen LogP contribution in [0.2, 0.25) is 5.02 Å². The monoisotopic (exact) mass is 296 g/mol. The van der Waals surface area contributed by atoms with Gasteiger partial charge in [0.05, 0.1) is 18.3 Å². The summed E-state index contributed by atoms with van der Waals surface area (Å²) in [5, 5.41) is 6.89. The fraction of sp³-hybridized carbons (Fsp3) is 0.533. The van der Waals surface area contributed by atoms with Crippen molar-refractivity contribution in [2.24, 2.45) is 0 Å². The van der Waals surface area contributed by atoms with E-state index in [-0.39, 0.29) is 5.91 Å². The van der Waals surface area contributed by atoms with E-state index in [9.17, 15) is 4.79 Å². The predicted molar refractivity (Wildman–Crippen MR) is 81.5 cm³/mol. The number of benzene rings is 1. The van der Waals surface area contributed by atoms with Crippen molar-refractivity contribution < 1.29 is 9.53 Å². The standard InChI is InChI=1S/C15H21ClN2O2/c1-3-7-15(8-4-9-17-15)14(19)18-12-10-11(16)5-6-13(12)20-2/h5-6,10,17H,3-4,7-9H2,1-2H3,(H,18,19). The Bertz CT molecular complexity index is 485. The first-order valence-corrected chi connectivity index (χ1v) is 7.39. The van der Waals surface area contributed by atoms with Gasteiger partial charge < -0.3 is 15.4 Å². The molecule has 1 aliphatic rings. The minimum atomic E-state index is -0.456. The highest BCUT2D eigenvalue weighted by Crippen LogP contribution is 2.31. The zero-order chi connectivity index (χ0) is 14.6. The highest BCUT2D eigenvalue weighted by atomic mass is 35.5. The lowest BCUT2D eigenvalue weighted by atomic mass is 9.90. The van der Waals surface area contributed by atoms with E-state index >= 15 is 0 Å². The second-order valence-corrected chi connectivity index (χ2v) is 5.60. The maximum Gasteiger partial charge on any atom is 0.244 e. The number of carbonyl (C=O) groups excluding carboxylic acids is 1. The summed E-state index contributed by atoms with van der Waals surface area (Å²) in [6.45, 7) is 2.98. The van der Waals surface area contributed by atoms with Crippen LogP contribution in [0.5, 0.6) is 5.75 Å². The van der Waals surface area contributed by atoms with E-state index in [0.29, 0.717) is 16.5 Å². The zero-order valence-electron chi connectivity index (χ0n) is 12.0. The first-order valence-electron chi connectivity index (χ1n) is 7.01. The number of anilines is 1. The van der Waals surface area contributed by atoms with E-state index in [1.165, 1.54) is 0 Å². The smallest absolute Gasteiger partial charge is 0.244 e. The molecule has 110 valence electrons. The molecule has 1 aromatic rings. The van der Waals surface area contributed by atoms with Crippen LogP contribution in [0.3, 0.4) is 0 Å². The van der Waals surface area contributed by atoms with Crippen LogP contribution in [0.25, 0.3) is 0 Å². The van der Waals surface area contributed by atoms with Crippen molar-refractivity contribution in [3.63, 3.8) is 0 Å². The Balaban J connectivity index is 2.20. The molecule has 0 spiro atoms. The van der Waals surface area contributed by atoms with Crippen molar-refractivity contribution in [1.82, 2.24) is 5.32 Å². The van der Waals surface area contributed by atoms with Gasteiger partial charge in [0.25, 0.3) is 0 Å². The summed E-state index contributed by atoms with van der Waals surface area (Å²) in [5.41, 5.74) is 0.163. The van der Waals surface area contributed by atoms with Gasteiger partial charge in [-0.1, -0.05) is 24.9 Å². The van der Waals surface area contributed by atoms with Crippen molar-refractivity contribution in [3.8, 4) is 5.75 Å². The highest BCUT2D eigenvalue weighted by Gasteiger charge is 2.40. The van der Waals surface area contributed by atoms with Crippen LogP contribution in [0.15, 0.2) is 18.2 Å². The molecule has 4 nitrogen and oxygen atoms in total. The van der Waals surface area contributed by atoms with E-state index in [0.717, 1.165) is 32.2 Å². The lowest BCUT2D eigenvalue weighted by Crippen LogP contribution is -2.50. The molecular weight excluding hydrogens is 276 g/mol. The molecule has 0 aromatic heterocycles.